The maximum absolute atomic E-state index is 13.2. The van der Waals surface area contributed by atoms with E-state index in [1.165, 1.54) is 36.6 Å². The zero-order valence-corrected chi connectivity index (χ0v) is 17.4. The van der Waals surface area contributed by atoms with Crippen molar-refractivity contribution in [2.24, 2.45) is 0 Å². The first-order valence-electron chi connectivity index (χ1n) is 8.78. The monoisotopic (exact) mass is 445 g/mol. The van der Waals surface area contributed by atoms with E-state index in [0.29, 0.717) is 26.9 Å². The minimum absolute atomic E-state index is 0.268. The zero-order chi connectivity index (χ0) is 21.5. The number of amides is 1. The van der Waals surface area contributed by atoms with Gasteiger partial charge in [-0.1, -0.05) is 29.8 Å². The number of anilines is 1. The van der Waals surface area contributed by atoms with Crippen LogP contribution in [0.5, 0.6) is 5.75 Å². The third kappa shape index (κ3) is 5.68. The van der Waals surface area contributed by atoms with Crippen molar-refractivity contribution in [1.82, 2.24) is 0 Å². The second-order valence-corrected chi connectivity index (χ2v) is 7.44. The Bertz CT molecular complexity index is 1070. The summed E-state index contributed by atoms with van der Waals surface area (Å²) in [5.74, 6) is -1.17. The van der Waals surface area contributed by atoms with Crippen molar-refractivity contribution < 1.29 is 23.5 Å². The average Bonchev–Trinajstić information content (AvgIpc) is 3.26. The van der Waals surface area contributed by atoms with Crippen molar-refractivity contribution in [3.8, 4) is 5.75 Å². The van der Waals surface area contributed by atoms with Gasteiger partial charge in [-0.3, -0.25) is 4.79 Å². The molecule has 154 valence electrons. The average molecular weight is 446 g/mol. The van der Waals surface area contributed by atoms with E-state index in [1.54, 1.807) is 42.5 Å². The van der Waals surface area contributed by atoms with Gasteiger partial charge in [-0.05, 0) is 53.4 Å². The molecule has 0 aliphatic heterocycles. The molecule has 5 nitrogen and oxygen atoms in total. The molecule has 0 fully saturated rings. The summed E-state index contributed by atoms with van der Waals surface area (Å²) >= 11 is 7.30. The number of carbonyl (C=O) groups excluding carboxylic acids is 2. The highest BCUT2D eigenvalue weighted by Crippen LogP contribution is 2.28. The first-order chi connectivity index (χ1) is 14.5. The van der Waals surface area contributed by atoms with Crippen LogP contribution < -0.4 is 10.1 Å². The van der Waals surface area contributed by atoms with E-state index in [4.69, 9.17) is 21.1 Å². The lowest BCUT2D eigenvalue weighted by molar-refractivity contribution is -0.141. The summed E-state index contributed by atoms with van der Waals surface area (Å²) in [5, 5.41) is 4.84. The largest absolute Gasteiger partial charge is 0.495 e. The Morgan fingerprint density at radius 2 is 1.93 bits per heavy atom. The van der Waals surface area contributed by atoms with Gasteiger partial charge >= 0.3 is 5.97 Å². The summed E-state index contributed by atoms with van der Waals surface area (Å²) in [5.41, 5.74) is 1.26. The lowest BCUT2D eigenvalue weighted by Gasteiger charge is -2.11. The molecule has 1 heterocycles. The van der Waals surface area contributed by atoms with Crippen LogP contribution in [0.25, 0.3) is 11.6 Å². The number of methoxy groups -OCH3 is 1. The number of ether oxygens (including phenoxy) is 2. The number of rotatable bonds is 7. The summed E-state index contributed by atoms with van der Waals surface area (Å²) in [6, 6.07) is 14.0. The molecule has 30 heavy (non-hydrogen) atoms. The van der Waals surface area contributed by atoms with Crippen molar-refractivity contribution in [1.29, 1.82) is 0 Å². The standard InChI is InChI=1S/C22H17ClFNO4S/c1-28-19-9-6-15(23)12-18(19)25-21(26)13-29-22(27)17(20-3-2-10-30-20)11-14-4-7-16(24)8-5-14/h2-12H,13H2,1H3,(H,25,26)/b17-11+. The molecule has 0 atom stereocenters. The maximum atomic E-state index is 13.2. The van der Waals surface area contributed by atoms with E-state index < -0.39 is 18.5 Å². The molecular formula is C22H17ClFNO4S. The van der Waals surface area contributed by atoms with Crippen molar-refractivity contribution in [3.05, 3.63) is 81.3 Å². The molecule has 0 radical (unpaired) electrons. The smallest absolute Gasteiger partial charge is 0.340 e. The zero-order valence-electron chi connectivity index (χ0n) is 15.9. The van der Waals surface area contributed by atoms with Crippen molar-refractivity contribution in [3.63, 3.8) is 0 Å². The molecule has 1 N–H and O–H groups in total. The second kappa shape index (κ2) is 10.0. The van der Waals surface area contributed by atoms with Crippen LogP contribution >= 0.6 is 22.9 Å². The quantitative estimate of drug-likeness (QED) is 0.397. The van der Waals surface area contributed by atoms with Gasteiger partial charge in [-0.25, -0.2) is 9.18 Å². The summed E-state index contributed by atoms with van der Waals surface area (Å²) in [7, 11) is 1.46. The number of nitrogens with one attached hydrogen (secondary N) is 1. The third-order valence-electron chi connectivity index (χ3n) is 3.96. The number of halogens is 2. The van der Waals surface area contributed by atoms with Gasteiger partial charge in [0, 0.05) is 9.90 Å². The molecule has 3 rings (SSSR count). The Morgan fingerprint density at radius 3 is 2.60 bits per heavy atom. The molecule has 3 aromatic rings. The minimum Gasteiger partial charge on any atom is -0.495 e. The summed E-state index contributed by atoms with van der Waals surface area (Å²) < 4.78 is 23.5. The van der Waals surface area contributed by atoms with E-state index in [-0.39, 0.29) is 11.4 Å². The number of hydrogen-bond donors (Lipinski definition) is 1. The molecule has 0 aliphatic rings. The van der Waals surface area contributed by atoms with Gasteiger partial charge in [-0.2, -0.15) is 0 Å². The van der Waals surface area contributed by atoms with Crippen LogP contribution in [0, 0.1) is 5.82 Å². The van der Waals surface area contributed by atoms with Crippen LogP contribution in [0.2, 0.25) is 5.02 Å². The first-order valence-corrected chi connectivity index (χ1v) is 10.0. The molecule has 1 aromatic heterocycles. The third-order valence-corrected chi connectivity index (χ3v) is 5.10. The Balaban J connectivity index is 1.71. The maximum Gasteiger partial charge on any atom is 0.340 e. The van der Waals surface area contributed by atoms with Gasteiger partial charge in [0.1, 0.15) is 11.6 Å². The number of hydrogen-bond acceptors (Lipinski definition) is 5. The first kappa shape index (κ1) is 21.5. The predicted molar refractivity (Wildman–Crippen MR) is 116 cm³/mol. The summed E-state index contributed by atoms with van der Waals surface area (Å²) in [6.45, 7) is -0.499. The number of thiophene rings is 1. The minimum atomic E-state index is -0.671. The van der Waals surface area contributed by atoms with Crippen LogP contribution in [0.1, 0.15) is 10.4 Å². The Hall–Kier alpha value is -3.16. The fraction of sp³-hybridized carbons (Fsp3) is 0.0909. The molecular weight excluding hydrogens is 429 g/mol. The highest BCUT2D eigenvalue weighted by molar-refractivity contribution is 7.11. The highest BCUT2D eigenvalue weighted by atomic mass is 35.5. The van der Waals surface area contributed by atoms with E-state index in [2.05, 4.69) is 5.32 Å². The number of benzene rings is 2. The van der Waals surface area contributed by atoms with E-state index >= 15 is 0 Å². The molecule has 0 unspecified atom stereocenters. The SMILES string of the molecule is COc1ccc(Cl)cc1NC(=O)COC(=O)/C(=C/c1ccc(F)cc1)c1cccs1. The fourth-order valence-electron chi connectivity index (χ4n) is 2.56. The van der Waals surface area contributed by atoms with Crippen LogP contribution in [-0.4, -0.2) is 25.6 Å². The van der Waals surface area contributed by atoms with Crippen LogP contribution in [0.4, 0.5) is 10.1 Å². The van der Waals surface area contributed by atoms with Gasteiger partial charge in [0.15, 0.2) is 6.61 Å². The molecule has 1 amide bonds. The van der Waals surface area contributed by atoms with E-state index in [0.717, 1.165) is 0 Å². The molecule has 0 saturated carbocycles. The lowest BCUT2D eigenvalue weighted by atomic mass is 10.1. The van der Waals surface area contributed by atoms with Crippen molar-refractivity contribution in [2.75, 3.05) is 19.0 Å². The molecule has 2 aromatic carbocycles. The van der Waals surface area contributed by atoms with E-state index in [1.807, 2.05) is 5.38 Å². The molecule has 8 heteroatoms. The Kier molecular flexibility index (Phi) is 7.21. The molecule has 0 bridgehead atoms. The Labute approximate surface area is 181 Å². The normalized spacial score (nSPS) is 11.1. The number of esters is 1. The molecule has 0 spiro atoms. The van der Waals surface area contributed by atoms with Crippen molar-refractivity contribution in [2.45, 2.75) is 0 Å². The summed E-state index contributed by atoms with van der Waals surface area (Å²) in [6.07, 6.45) is 1.59. The lowest BCUT2D eigenvalue weighted by Crippen LogP contribution is -2.21. The summed E-state index contributed by atoms with van der Waals surface area (Å²) in [4.78, 5) is 25.6. The van der Waals surface area contributed by atoms with Crippen molar-refractivity contribution >= 4 is 52.2 Å². The van der Waals surface area contributed by atoms with Gasteiger partial charge in [0.2, 0.25) is 0 Å². The molecule has 0 saturated heterocycles. The highest BCUT2D eigenvalue weighted by Gasteiger charge is 2.17. The topological polar surface area (TPSA) is 64.6 Å². The van der Waals surface area contributed by atoms with Crippen LogP contribution in [0.15, 0.2) is 60.0 Å². The van der Waals surface area contributed by atoms with E-state index in [9.17, 15) is 14.0 Å². The van der Waals surface area contributed by atoms with Crippen LogP contribution in [0.3, 0.4) is 0 Å². The number of carbonyl (C=O) groups is 2. The Morgan fingerprint density at radius 1 is 1.17 bits per heavy atom. The predicted octanol–water partition coefficient (Wildman–Crippen LogP) is 5.27. The fourth-order valence-corrected chi connectivity index (χ4v) is 3.46. The van der Waals surface area contributed by atoms with Gasteiger partial charge in [-0.15, -0.1) is 11.3 Å². The van der Waals surface area contributed by atoms with Gasteiger partial charge < -0.3 is 14.8 Å². The van der Waals surface area contributed by atoms with Gasteiger partial charge in [0.05, 0.1) is 18.4 Å². The second-order valence-electron chi connectivity index (χ2n) is 6.06. The molecule has 0 aliphatic carbocycles. The van der Waals surface area contributed by atoms with Gasteiger partial charge in [0.25, 0.3) is 5.91 Å². The van der Waals surface area contributed by atoms with Crippen LogP contribution in [-0.2, 0) is 14.3 Å².